The Labute approximate surface area is 190 Å². The summed E-state index contributed by atoms with van der Waals surface area (Å²) in [5.74, 6) is 0.360. The molecular weight excluding hydrogens is 396 g/mol. The summed E-state index contributed by atoms with van der Waals surface area (Å²) in [6, 6.07) is 18.3. The Morgan fingerprint density at radius 3 is 2.50 bits per heavy atom. The highest BCUT2D eigenvalue weighted by Gasteiger charge is 2.49. The molecule has 0 bridgehead atoms. The lowest BCUT2D eigenvalue weighted by molar-refractivity contribution is -0.0655. The number of hydrogen-bond donors (Lipinski definition) is 1. The fourth-order valence-corrected chi connectivity index (χ4v) is 5.55. The largest absolute Gasteiger partial charge is 0.395 e. The highest BCUT2D eigenvalue weighted by Crippen LogP contribution is 2.42. The minimum atomic E-state index is 0.213. The van der Waals surface area contributed by atoms with Crippen molar-refractivity contribution in [2.75, 3.05) is 26.2 Å². The van der Waals surface area contributed by atoms with Gasteiger partial charge < -0.3 is 5.11 Å². The van der Waals surface area contributed by atoms with Crippen molar-refractivity contribution in [3.63, 3.8) is 0 Å². The monoisotopic (exact) mass is 428 g/mol. The van der Waals surface area contributed by atoms with Crippen molar-refractivity contribution in [1.82, 2.24) is 19.8 Å². The summed E-state index contributed by atoms with van der Waals surface area (Å²) < 4.78 is 0. The van der Waals surface area contributed by atoms with Crippen LogP contribution in [0.4, 0.5) is 0 Å². The maximum atomic E-state index is 10.2. The lowest BCUT2D eigenvalue weighted by atomic mass is 9.74. The van der Waals surface area contributed by atoms with Crippen molar-refractivity contribution < 1.29 is 5.11 Å². The quantitative estimate of drug-likeness (QED) is 0.668. The van der Waals surface area contributed by atoms with Crippen LogP contribution in [0.1, 0.15) is 35.4 Å². The SMILES string of the molecule is Cc1cccc(-c2ccc([C@H]3[C@H](CO)N4CCCCN(Cc5cncnc5)C[C@@H]34)cc2)c1. The number of hydrogen-bond acceptors (Lipinski definition) is 5. The van der Waals surface area contributed by atoms with Gasteiger partial charge >= 0.3 is 0 Å². The Bertz CT molecular complexity index is 1020. The third-order valence-electron chi connectivity index (χ3n) is 7.12. The highest BCUT2D eigenvalue weighted by atomic mass is 16.3. The van der Waals surface area contributed by atoms with Crippen molar-refractivity contribution in [1.29, 1.82) is 0 Å². The third-order valence-corrected chi connectivity index (χ3v) is 7.12. The second-order valence-electron chi connectivity index (χ2n) is 9.26. The molecule has 1 N–H and O–H groups in total. The Balaban J connectivity index is 1.36. The van der Waals surface area contributed by atoms with Gasteiger partial charge in [0, 0.05) is 49.0 Å². The molecular formula is C27H32N4O. The molecule has 5 heteroatoms. The lowest BCUT2D eigenvalue weighted by Gasteiger charge is -2.57. The van der Waals surface area contributed by atoms with Crippen molar-refractivity contribution in [3.8, 4) is 11.1 Å². The molecule has 0 unspecified atom stereocenters. The molecule has 2 saturated heterocycles. The maximum Gasteiger partial charge on any atom is 0.115 e. The first-order valence-electron chi connectivity index (χ1n) is 11.7. The van der Waals surface area contributed by atoms with E-state index in [2.05, 4.69) is 75.2 Å². The van der Waals surface area contributed by atoms with E-state index >= 15 is 0 Å². The number of fused-ring (bicyclic) bond motifs is 1. The van der Waals surface area contributed by atoms with Crippen molar-refractivity contribution in [2.24, 2.45) is 0 Å². The van der Waals surface area contributed by atoms with E-state index in [1.807, 2.05) is 12.4 Å². The molecule has 32 heavy (non-hydrogen) atoms. The summed E-state index contributed by atoms with van der Waals surface area (Å²) in [7, 11) is 0. The highest BCUT2D eigenvalue weighted by molar-refractivity contribution is 5.64. The number of aliphatic hydroxyl groups is 1. The fourth-order valence-electron chi connectivity index (χ4n) is 5.55. The first kappa shape index (κ1) is 21.3. The Morgan fingerprint density at radius 1 is 0.969 bits per heavy atom. The zero-order chi connectivity index (χ0) is 21.9. The smallest absolute Gasteiger partial charge is 0.115 e. The summed E-state index contributed by atoms with van der Waals surface area (Å²) >= 11 is 0. The molecule has 5 rings (SSSR count). The van der Waals surface area contributed by atoms with Crippen LogP contribution < -0.4 is 0 Å². The van der Waals surface area contributed by atoms with E-state index in [-0.39, 0.29) is 12.6 Å². The zero-order valence-corrected chi connectivity index (χ0v) is 18.8. The molecule has 166 valence electrons. The number of benzene rings is 2. The normalized spacial score (nSPS) is 24.2. The van der Waals surface area contributed by atoms with Crippen LogP contribution in [0.25, 0.3) is 11.1 Å². The molecule has 0 spiro atoms. The molecule has 3 atom stereocenters. The molecule has 3 heterocycles. The van der Waals surface area contributed by atoms with E-state index in [1.54, 1.807) is 6.33 Å². The van der Waals surface area contributed by atoms with Crippen LogP contribution in [0.5, 0.6) is 0 Å². The van der Waals surface area contributed by atoms with E-state index in [0.717, 1.165) is 31.7 Å². The Morgan fingerprint density at radius 2 is 1.75 bits per heavy atom. The molecule has 0 radical (unpaired) electrons. The van der Waals surface area contributed by atoms with Crippen LogP contribution in [0, 0.1) is 6.92 Å². The van der Waals surface area contributed by atoms with Crippen molar-refractivity contribution >= 4 is 0 Å². The minimum absolute atomic E-state index is 0.213. The molecule has 5 nitrogen and oxygen atoms in total. The van der Waals surface area contributed by atoms with Gasteiger partial charge in [-0.05, 0) is 49.5 Å². The van der Waals surface area contributed by atoms with Gasteiger partial charge in [-0.25, -0.2) is 9.97 Å². The molecule has 2 fully saturated rings. The van der Waals surface area contributed by atoms with E-state index in [1.165, 1.54) is 35.1 Å². The second kappa shape index (κ2) is 9.49. The minimum Gasteiger partial charge on any atom is -0.395 e. The van der Waals surface area contributed by atoms with Gasteiger partial charge in [-0.15, -0.1) is 0 Å². The molecule has 0 amide bonds. The van der Waals surface area contributed by atoms with E-state index in [4.69, 9.17) is 0 Å². The van der Waals surface area contributed by atoms with Gasteiger partial charge in [0.15, 0.2) is 0 Å². The van der Waals surface area contributed by atoms with Crippen LogP contribution in [-0.2, 0) is 6.54 Å². The van der Waals surface area contributed by atoms with Crippen LogP contribution >= 0.6 is 0 Å². The van der Waals surface area contributed by atoms with Crippen molar-refractivity contribution in [2.45, 2.75) is 44.3 Å². The summed E-state index contributed by atoms with van der Waals surface area (Å²) in [4.78, 5) is 13.4. The van der Waals surface area contributed by atoms with Crippen LogP contribution in [0.3, 0.4) is 0 Å². The van der Waals surface area contributed by atoms with Crippen LogP contribution in [-0.4, -0.2) is 63.2 Å². The van der Waals surface area contributed by atoms with Gasteiger partial charge in [-0.1, -0.05) is 54.1 Å². The van der Waals surface area contributed by atoms with Gasteiger partial charge in [0.1, 0.15) is 6.33 Å². The van der Waals surface area contributed by atoms with Gasteiger partial charge in [-0.2, -0.15) is 0 Å². The molecule has 0 aliphatic carbocycles. The third kappa shape index (κ3) is 4.33. The van der Waals surface area contributed by atoms with E-state index in [0.29, 0.717) is 12.0 Å². The topological polar surface area (TPSA) is 52.5 Å². The van der Waals surface area contributed by atoms with Crippen LogP contribution in [0.15, 0.2) is 67.3 Å². The first-order chi connectivity index (χ1) is 15.7. The average molecular weight is 429 g/mol. The van der Waals surface area contributed by atoms with Crippen LogP contribution in [0.2, 0.25) is 0 Å². The molecule has 2 aliphatic heterocycles. The van der Waals surface area contributed by atoms with E-state index in [9.17, 15) is 5.11 Å². The van der Waals surface area contributed by atoms with E-state index < -0.39 is 0 Å². The number of nitrogens with zero attached hydrogens (tertiary/aromatic N) is 4. The fraction of sp³-hybridized carbons (Fsp3) is 0.407. The second-order valence-corrected chi connectivity index (χ2v) is 9.26. The van der Waals surface area contributed by atoms with Gasteiger partial charge in [-0.3, -0.25) is 9.80 Å². The zero-order valence-electron chi connectivity index (χ0n) is 18.8. The summed E-state index contributed by atoms with van der Waals surface area (Å²) in [6.07, 6.45) is 7.79. The van der Waals surface area contributed by atoms with Gasteiger partial charge in [0.25, 0.3) is 0 Å². The van der Waals surface area contributed by atoms with Gasteiger partial charge in [0.05, 0.1) is 6.61 Å². The number of aryl methyl sites for hydroxylation is 1. The summed E-state index contributed by atoms with van der Waals surface area (Å²) in [5.41, 5.74) is 6.28. The lowest BCUT2D eigenvalue weighted by Crippen LogP contribution is -2.67. The molecule has 1 aromatic heterocycles. The Hall–Kier alpha value is -2.60. The Kier molecular flexibility index (Phi) is 6.30. The molecule has 2 aliphatic rings. The number of aliphatic hydroxyl groups excluding tert-OH is 1. The number of rotatable bonds is 5. The number of aromatic nitrogens is 2. The standard InChI is InChI=1S/C27H32N4O/c1-20-5-4-6-24(13-20)22-7-9-23(10-8-22)27-25-17-30(16-21-14-28-19-29-15-21)11-2-3-12-31(25)26(27)18-32/h4-10,13-15,19,25-27,32H,2-3,11-12,16-18H2,1H3/t25-,26-,27+/m0/s1. The predicted molar refractivity (Wildman–Crippen MR) is 127 cm³/mol. The summed E-state index contributed by atoms with van der Waals surface area (Å²) in [5, 5.41) is 10.2. The first-order valence-corrected chi connectivity index (χ1v) is 11.7. The molecule has 0 saturated carbocycles. The molecule has 2 aromatic carbocycles. The summed E-state index contributed by atoms with van der Waals surface area (Å²) in [6.45, 7) is 6.42. The molecule has 3 aromatic rings. The maximum absolute atomic E-state index is 10.2. The predicted octanol–water partition coefficient (Wildman–Crippen LogP) is 3.88. The average Bonchev–Trinajstić information content (AvgIpc) is 2.81. The van der Waals surface area contributed by atoms with Crippen molar-refractivity contribution in [3.05, 3.63) is 83.9 Å². The van der Waals surface area contributed by atoms with Gasteiger partial charge in [0.2, 0.25) is 0 Å².